The summed E-state index contributed by atoms with van der Waals surface area (Å²) in [7, 11) is 0. The third kappa shape index (κ3) is 2.33. The summed E-state index contributed by atoms with van der Waals surface area (Å²) in [5.41, 5.74) is 9.85. The van der Waals surface area contributed by atoms with E-state index in [1.807, 2.05) is 0 Å². The molecule has 0 spiro atoms. The van der Waals surface area contributed by atoms with Crippen LogP contribution in [0.15, 0.2) is 23.3 Å². The molecular weight excluding hydrogens is 186 g/mol. The van der Waals surface area contributed by atoms with Crippen LogP contribution in [0.1, 0.15) is 0 Å². The molecule has 6 heteroatoms. The van der Waals surface area contributed by atoms with Crippen LogP contribution in [0, 0.1) is 0 Å². The van der Waals surface area contributed by atoms with E-state index in [0.29, 0.717) is 0 Å². The monoisotopic (exact) mass is 197 g/mol. The van der Waals surface area contributed by atoms with Gasteiger partial charge in [0.25, 0.3) is 0 Å². The van der Waals surface area contributed by atoms with Gasteiger partial charge in [0.1, 0.15) is 6.04 Å². The number of aromatic hydroxyl groups is 1. The van der Waals surface area contributed by atoms with Crippen molar-refractivity contribution >= 4 is 5.91 Å². The van der Waals surface area contributed by atoms with E-state index in [-0.39, 0.29) is 12.3 Å². The van der Waals surface area contributed by atoms with Crippen molar-refractivity contribution in [3.63, 3.8) is 0 Å². The van der Waals surface area contributed by atoms with E-state index in [1.54, 1.807) is 0 Å². The second-order valence-corrected chi connectivity index (χ2v) is 2.90. The standard InChI is InChI=1S/C8H11N3O3/c9-5(8(10)14)3-11-2-1-6(12)7(13)4-11/h1-2,4-5,13H,3,9H2,(H2,10,14). The van der Waals surface area contributed by atoms with Crippen LogP contribution in [0.25, 0.3) is 0 Å². The second-order valence-electron chi connectivity index (χ2n) is 2.90. The molecule has 14 heavy (non-hydrogen) atoms. The SMILES string of the molecule is NC(=O)C(N)Cn1ccc(=O)c(O)c1. The van der Waals surface area contributed by atoms with Gasteiger partial charge in [-0.1, -0.05) is 0 Å². The lowest BCUT2D eigenvalue weighted by atomic mass is 10.3. The Morgan fingerprint density at radius 1 is 1.64 bits per heavy atom. The molecular formula is C8H11N3O3. The van der Waals surface area contributed by atoms with Crippen molar-refractivity contribution in [3.8, 4) is 5.75 Å². The fourth-order valence-corrected chi connectivity index (χ4v) is 0.943. The third-order valence-electron chi connectivity index (χ3n) is 1.73. The molecule has 1 amide bonds. The third-order valence-corrected chi connectivity index (χ3v) is 1.73. The van der Waals surface area contributed by atoms with E-state index in [2.05, 4.69) is 0 Å². The highest BCUT2D eigenvalue weighted by molar-refractivity contribution is 5.79. The molecule has 0 saturated carbocycles. The number of carbonyl (C=O) groups excluding carboxylic acids is 1. The van der Waals surface area contributed by atoms with E-state index in [4.69, 9.17) is 16.6 Å². The number of carbonyl (C=O) groups is 1. The van der Waals surface area contributed by atoms with Gasteiger partial charge in [0.15, 0.2) is 5.75 Å². The molecule has 1 aromatic heterocycles. The van der Waals surface area contributed by atoms with Crippen molar-refractivity contribution < 1.29 is 9.90 Å². The molecule has 0 aliphatic rings. The number of nitrogens with two attached hydrogens (primary N) is 2. The lowest BCUT2D eigenvalue weighted by Crippen LogP contribution is -2.39. The zero-order chi connectivity index (χ0) is 10.7. The molecule has 5 N–H and O–H groups in total. The maximum atomic E-state index is 10.8. The zero-order valence-corrected chi connectivity index (χ0v) is 7.38. The zero-order valence-electron chi connectivity index (χ0n) is 7.38. The van der Waals surface area contributed by atoms with Crippen LogP contribution < -0.4 is 16.9 Å². The summed E-state index contributed by atoms with van der Waals surface area (Å²) in [6.07, 6.45) is 2.62. The Balaban J connectivity index is 2.83. The van der Waals surface area contributed by atoms with Crippen molar-refractivity contribution in [2.45, 2.75) is 12.6 Å². The minimum Gasteiger partial charge on any atom is -0.503 e. The molecule has 1 heterocycles. The molecule has 1 rings (SSSR count). The molecule has 0 radical (unpaired) electrons. The van der Waals surface area contributed by atoms with E-state index in [1.165, 1.54) is 23.0 Å². The van der Waals surface area contributed by atoms with Crippen molar-refractivity contribution in [1.82, 2.24) is 4.57 Å². The summed E-state index contributed by atoms with van der Waals surface area (Å²) in [5.74, 6) is -1.02. The molecule has 0 aliphatic heterocycles. The minimum absolute atomic E-state index is 0.128. The predicted molar refractivity (Wildman–Crippen MR) is 49.5 cm³/mol. The average Bonchev–Trinajstić information content (AvgIpc) is 2.11. The predicted octanol–water partition coefficient (Wildman–Crippen LogP) is -1.63. The maximum Gasteiger partial charge on any atom is 0.236 e. The van der Waals surface area contributed by atoms with Crippen molar-refractivity contribution in [2.75, 3.05) is 0 Å². The number of aromatic nitrogens is 1. The molecule has 1 aromatic rings. The number of rotatable bonds is 3. The van der Waals surface area contributed by atoms with E-state index in [9.17, 15) is 9.59 Å². The fourth-order valence-electron chi connectivity index (χ4n) is 0.943. The van der Waals surface area contributed by atoms with Crippen LogP contribution in [0.3, 0.4) is 0 Å². The largest absolute Gasteiger partial charge is 0.503 e. The van der Waals surface area contributed by atoms with Gasteiger partial charge in [0, 0.05) is 25.0 Å². The fraction of sp³-hybridized carbons (Fsp3) is 0.250. The molecule has 1 unspecified atom stereocenters. The van der Waals surface area contributed by atoms with Crippen molar-refractivity contribution in [2.24, 2.45) is 11.5 Å². The van der Waals surface area contributed by atoms with E-state index < -0.39 is 17.4 Å². The van der Waals surface area contributed by atoms with Gasteiger partial charge in [-0.05, 0) is 0 Å². The summed E-state index contributed by atoms with van der Waals surface area (Å²) >= 11 is 0. The Kier molecular flexibility index (Phi) is 2.88. The molecule has 0 saturated heterocycles. The first-order chi connectivity index (χ1) is 6.50. The summed E-state index contributed by atoms with van der Waals surface area (Å²) in [5, 5.41) is 9.06. The first kappa shape index (κ1) is 10.3. The molecule has 0 bridgehead atoms. The number of primary amides is 1. The Hall–Kier alpha value is -1.82. The van der Waals surface area contributed by atoms with Crippen LogP contribution in [0.4, 0.5) is 0 Å². The van der Waals surface area contributed by atoms with Crippen LogP contribution in [-0.2, 0) is 11.3 Å². The lowest BCUT2D eigenvalue weighted by Gasteiger charge is -2.10. The van der Waals surface area contributed by atoms with Crippen LogP contribution in [0.2, 0.25) is 0 Å². The number of hydrogen-bond donors (Lipinski definition) is 3. The Bertz CT molecular complexity index is 399. The highest BCUT2D eigenvalue weighted by atomic mass is 16.3. The van der Waals surface area contributed by atoms with Crippen LogP contribution in [0.5, 0.6) is 5.75 Å². The first-order valence-electron chi connectivity index (χ1n) is 3.94. The lowest BCUT2D eigenvalue weighted by molar-refractivity contribution is -0.119. The number of pyridine rings is 1. The van der Waals surface area contributed by atoms with Crippen LogP contribution in [-0.4, -0.2) is 21.6 Å². The average molecular weight is 197 g/mol. The van der Waals surface area contributed by atoms with Gasteiger partial charge in [-0.25, -0.2) is 0 Å². The minimum atomic E-state index is -0.836. The van der Waals surface area contributed by atoms with Gasteiger partial charge >= 0.3 is 0 Å². The molecule has 0 fully saturated rings. The molecule has 76 valence electrons. The number of hydrogen-bond acceptors (Lipinski definition) is 4. The molecule has 6 nitrogen and oxygen atoms in total. The quantitative estimate of drug-likeness (QED) is 0.539. The maximum absolute atomic E-state index is 10.8. The number of amides is 1. The van der Waals surface area contributed by atoms with Crippen LogP contribution >= 0.6 is 0 Å². The Morgan fingerprint density at radius 3 is 2.79 bits per heavy atom. The van der Waals surface area contributed by atoms with Gasteiger partial charge in [0.2, 0.25) is 11.3 Å². The second kappa shape index (κ2) is 3.93. The number of nitrogens with zero attached hydrogens (tertiary/aromatic N) is 1. The summed E-state index contributed by atoms with van der Waals surface area (Å²) in [4.78, 5) is 21.4. The summed E-state index contributed by atoms with van der Waals surface area (Å²) in [6.45, 7) is 0.128. The normalized spacial score (nSPS) is 12.4. The molecule has 0 aromatic carbocycles. The van der Waals surface area contributed by atoms with Gasteiger partial charge in [-0.2, -0.15) is 0 Å². The smallest absolute Gasteiger partial charge is 0.236 e. The highest BCUT2D eigenvalue weighted by Gasteiger charge is 2.09. The first-order valence-corrected chi connectivity index (χ1v) is 3.94. The van der Waals surface area contributed by atoms with Gasteiger partial charge < -0.3 is 21.1 Å². The molecule has 1 atom stereocenters. The van der Waals surface area contributed by atoms with Gasteiger partial charge in [-0.15, -0.1) is 0 Å². The van der Waals surface area contributed by atoms with Crippen molar-refractivity contribution in [3.05, 3.63) is 28.7 Å². The van der Waals surface area contributed by atoms with Gasteiger partial charge in [0.05, 0.1) is 0 Å². The van der Waals surface area contributed by atoms with Crippen molar-refractivity contribution in [1.29, 1.82) is 0 Å². The highest BCUT2D eigenvalue weighted by Crippen LogP contribution is 1.99. The topological polar surface area (TPSA) is 111 Å². The Labute approximate surface area is 79.8 Å². The Morgan fingerprint density at radius 2 is 2.29 bits per heavy atom. The van der Waals surface area contributed by atoms with E-state index >= 15 is 0 Å². The van der Waals surface area contributed by atoms with E-state index in [0.717, 1.165) is 0 Å². The summed E-state index contributed by atoms with van der Waals surface area (Å²) < 4.78 is 1.42. The summed E-state index contributed by atoms with van der Waals surface area (Å²) in [6, 6.07) is 0.347. The molecule has 0 aliphatic carbocycles. The van der Waals surface area contributed by atoms with Gasteiger partial charge in [-0.3, -0.25) is 9.59 Å².